The Morgan fingerprint density at radius 3 is 3.17 bits per heavy atom. The summed E-state index contributed by atoms with van der Waals surface area (Å²) in [6, 6.07) is 0. The molecule has 0 fully saturated rings. The predicted octanol–water partition coefficient (Wildman–Crippen LogP) is 1.09. The molecule has 1 atom stereocenters. The van der Waals surface area contributed by atoms with Gasteiger partial charge < -0.3 is 4.74 Å². The van der Waals surface area contributed by atoms with Gasteiger partial charge in [0.25, 0.3) is 0 Å². The molecule has 1 rings (SSSR count). The van der Waals surface area contributed by atoms with Gasteiger partial charge in [-0.05, 0) is 18.4 Å². The summed E-state index contributed by atoms with van der Waals surface area (Å²) in [7, 11) is 1.57. The summed E-state index contributed by atoms with van der Waals surface area (Å²) in [6.45, 7) is 3.56. The molecule has 0 spiro atoms. The quantitative estimate of drug-likeness (QED) is 0.353. The number of methoxy groups -OCH3 is 1. The molecule has 12 heavy (non-hydrogen) atoms. The van der Waals surface area contributed by atoms with Gasteiger partial charge in [-0.3, -0.25) is 4.79 Å². The Bertz CT molecular complexity index is 289. The molecule has 0 saturated heterocycles. The number of hydrogen-bond donors (Lipinski definition) is 0. The van der Waals surface area contributed by atoms with E-state index < -0.39 is 0 Å². The number of rotatable bonds is 3. The van der Waals surface area contributed by atoms with E-state index in [1.165, 1.54) is 0 Å². The van der Waals surface area contributed by atoms with Crippen LogP contribution in [-0.4, -0.2) is 19.0 Å². The zero-order valence-electron chi connectivity index (χ0n) is 6.96. The average Bonchev–Trinajstić information content (AvgIpc) is 2.09. The Labute approximate surface area is 71.9 Å². The number of carbonyl (C=O) groups is 1. The van der Waals surface area contributed by atoms with Crippen molar-refractivity contribution in [2.24, 2.45) is 0 Å². The van der Waals surface area contributed by atoms with Crippen molar-refractivity contribution in [3.8, 4) is 11.8 Å². The maximum atomic E-state index is 11.1. The van der Waals surface area contributed by atoms with Gasteiger partial charge in [-0.1, -0.05) is 12.0 Å². The smallest absolute Gasteiger partial charge is 0.232 e. The lowest BCUT2D eigenvalue weighted by atomic mass is 10.0. The highest BCUT2D eigenvalue weighted by molar-refractivity contribution is 6.09. The first-order valence-electron chi connectivity index (χ1n) is 3.68. The molecule has 1 aliphatic carbocycles. The molecule has 0 bridgehead atoms. The fourth-order valence-corrected chi connectivity index (χ4v) is 0.960. The lowest BCUT2D eigenvalue weighted by molar-refractivity contribution is -0.110. The van der Waals surface area contributed by atoms with Crippen molar-refractivity contribution in [1.29, 1.82) is 0 Å². The van der Waals surface area contributed by atoms with Crippen molar-refractivity contribution in [3.63, 3.8) is 0 Å². The van der Waals surface area contributed by atoms with Gasteiger partial charge in [0.2, 0.25) is 5.78 Å². The largest absolute Gasteiger partial charge is 0.365 e. The van der Waals surface area contributed by atoms with Crippen molar-refractivity contribution >= 4 is 5.78 Å². The Kier molecular flexibility index (Phi) is 2.84. The molecule has 0 aromatic heterocycles. The third-order valence-corrected chi connectivity index (χ3v) is 1.59. The molecule has 2 heteroatoms. The first kappa shape index (κ1) is 8.76. The number of hydrogen-bond acceptors (Lipinski definition) is 2. The Morgan fingerprint density at radius 1 is 1.83 bits per heavy atom. The average molecular weight is 162 g/mol. The van der Waals surface area contributed by atoms with Gasteiger partial charge in [-0.15, -0.1) is 6.58 Å². The van der Waals surface area contributed by atoms with E-state index in [2.05, 4.69) is 18.4 Å². The van der Waals surface area contributed by atoms with Gasteiger partial charge in [-0.25, -0.2) is 0 Å². The predicted molar refractivity (Wildman–Crippen MR) is 46.5 cm³/mol. The summed E-state index contributed by atoms with van der Waals surface area (Å²) in [5, 5.41) is 0. The highest BCUT2D eigenvalue weighted by Crippen LogP contribution is 2.09. The SMILES string of the molecule is C=CCC1=CC(OC)C#CC1=O. The second-order valence-electron chi connectivity index (χ2n) is 2.44. The standard InChI is InChI=1S/C10H10O2/c1-3-4-8-7-9(12-2)5-6-10(8)11/h3,7,9H,1,4H2,2H3. The lowest BCUT2D eigenvalue weighted by Gasteiger charge is -2.08. The molecule has 2 nitrogen and oxygen atoms in total. The molecule has 0 aromatic carbocycles. The molecular weight excluding hydrogens is 152 g/mol. The molecule has 1 aliphatic rings. The zero-order chi connectivity index (χ0) is 8.97. The minimum Gasteiger partial charge on any atom is -0.365 e. The van der Waals surface area contributed by atoms with Crippen LogP contribution in [0.2, 0.25) is 0 Å². The summed E-state index contributed by atoms with van der Waals surface area (Å²) in [6.07, 6.45) is 3.75. The van der Waals surface area contributed by atoms with Crippen LogP contribution in [0.5, 0.6) is 0 Å². The van der Waals surface area contributed by atoms with Crippen LogP contribution in [0.25, 0.3) is 0 Å². The fraction of sp³-hybridized carbons (Fsp3) is 0.300. The fourth-order valence-electron chi connectivity index (χ4n) is 0.960. The molecule has 62 valence electrons. The Hall–Kier alpha value is -1.33. The van der Waals surface area contributed by atoms with E-state index in [1.807, 2.05) is 0 Å². The van der Waals surface area contributed by atoms with E-state index >= 15 is 0 Å². The van der Waals surface area contributed by atoms with Crippen molar-refractivity contribution in [3.05, 3.63) is 24.3 Å². The van der Waals surface area contributed by atoms with Crippen LogP contribution in [0.1, 0.15) is 6.42 Å². The minimum atomic E-state index is -0.238. The van der Waals surface area contributed by atoms with Gasteiger partial charge in [0.05, 0.1) is 0 Å². The van der Waals surface area contributed by atoms with Crippen molar-refractivity contribution in [2.75, 3.05) is 7.11 Å². The normalized spacial score (nSPS) is 20.9. The first-order chi connectivity index (χ1) is 5.77. The number of allylic oxidation sites excluding steroid dienone is 2. The van der Waals surface area contributed by atoms with Crippen molar-refractivity contribution in [1.82, 2.24) is 0 Å². The summed E-state index contributed by atoms with van der Waals surface area (Å²) >= 11 is 0. The summed E-state index contributed by atoms with van der Waals surface area (Å²) in [5.74, 6) is 5.04. The van der Waals surface area contributed by atoms with E-state index in [1.54, 1.807) is 19.3 Å². The third kappa shape index (κ3) is 1.84. The summed E-state index contributed by atoms with van der Waals surface area (Å²) in [4.78, 5) is 11.1. The molecule has 0 amide bonds. The highest BCUT2D eigenvalue weighted by Gasteiger charge is 2.12. The zero-order valence-corrected chi connectivity index (χ0v) is 6.96. The van der Waals surface area contributed by atoms with E-state index in [0.29, 0.717) is 12.0 Å². The maximum Gasteiger partial charge on any atom is 0.232 e. The molecular formula is C10H10O2. The number of ether oxygens (including phenoxy) is 1. The van der Waals surface area contributed by atoms with E-state index in [0.717, 1.165) is 0 Å². The Morgan fingerprint density at radius 2 is 2.58 bits per heavy atom. The second kappa shape index (κ2) is 3.89. The van der Waals surface area contributed by atoms with Crippen LogP contribution in [-0.2, 0) is 9.53 Å². The van der Waals surface area contributed by atoms with Crippen LogP contribution in [0.15, 0.2) is 24.3 Å². The topological polar surface area (TPSA) is 26.3 Å². The van der Waals surface area contributed by atoms with Crippen molar-refractivity contribution < 1.29 is 9.53 Å². The van der Waals surface area contributed by atoms with Crippen molar-refractivity contribution in [2.45, 2.75) is 12.5 Å². The molecule has 0 aromatic rings. The molecule has 0 N–H and O–H groups in total. The first-order valence-corrected chi connectivity index (χ1v) is 3.68. The molecule has 0 heterocycles. The van der Waals surface area contributed by atoms with Gasteiger partial charge in [-0.2, -0.15) is 0 Å². The van der Waals surface area contributed by atoms with Gasteiger partial charge >= 0.3 is 0 Å². The lowest BCUT2D eigenvalue weighted by Crippen LogP contribution is -2.13. The van der Waals surface area contributed by atoms with Crippen LogP contribution in [0, 0.1) is 11.8 Å². The molecule has 0 radical (unpaired) electrons. The Balaban J connectivity index is 2.79. The maximum absolute atomic E-state index is 11.1. The van der Waals surface area contributed by atoms with Gasteiger partial charge in [0.15, 0.2) is 0 Å². The van der Waals surface area contributed by atoms with E-state index in [4.69, 9.17) is 4.74 Å². The van der Waals surface area contributed by atoms with Gasteiger partial charge in [0.1, 0.15) is 6.10 Å². The molecule has 0 saturated carbocycles. The van der Waals surface area contributed by atoms with Crippen LogP contribution < -0.4 is 0 Å². The third-order valence-electron chi connectivity index (χ3n) is 1.59. The summed E-state index contributed by atoms with van der Waals surface area (Å²) < 4.78 is 4.98. The number of carbonyl (C=O) groups excluding carboxylic acids is 1. The van der Waals surface area contributed by atoms with Crippen LogP contribution >= 0.6 is 0 Å². The number of Topliss-reactive ketones (excluding diaryl/α,β-unsaturated/α-hetero) is 1. The van der Waals surface area contributed by atoms with E-state index in [-0.39, 0.29) is 11.9 Å². The van der Waals surface area contributed by atoms with Gasteiger partial charge in [0, 0.05) is 12.7 Å². The van der Waals surface area contributed by atoms with E-state index in [9.17, 15) is 4.79 Å². The minimum absolute atomic E-state index is 0.122. The monoisotopic (exact) mass is 162 g/mol. The second-order valence-corrected chi connectivity index (χ2v) is 2.44. The molecule has 1 unspecified atom stereocenters. The molecule has 0 aliphatic heterocycles. The summed E-state index contributed by atoms with van der Waals surface area (Å²) in [5.41, 5.74) is 0.676. The number of ketones is 1. The van der Waals surface area contributed by atoms with Crippen LogP contribution in [0.4, 0.5) is 0 Å². The van der Waals surface area contributed by atoms with Crippen LogP contribution in [0.3, 0.4) is 0 Å². The highest BCUT2D eigenvalue weighted by atomic mass is 16.5.